The Labute approximate surface area is 150 Å². The molecular weight excluding hydrogens is 327 g/mol. The molecule has 1 aliphatic rings. The fourth-order valence-electron chi connectivity index (χ4n) is 4.03. The third-order valence-electron chi connectivity index (χ3n) is 5.34. The average Bonchev–Trinajstić information content (AvgIpc) is 3.37. The standard InChI is InChI=1S/C21H19FN4/c1-25-8-6-14-10-15(2-5-20(14)25)21(26-9-7-23-13-26)18-12-24-19-4-3-16(22)11-17(18)19/h2-5,7,9-13,21,24H,6,8H2,1H3. The molecule has 0 fully saturated rings. The minimum Gasteiger partial charge on any atom is -0.374 e. The Morgan fingerprint density at radius 1 is 1.19 bits per heavy atom. The number of anilines is 1. The van der Waals surface area contributed by atoms with Crippen LogP contribution in [0, 0.1) is 5.82 Å². The minimum atomic E-state index is -0.224. The summed E-state index contributed by atoms with van der Waals surface area (Å²) < 4.78 is 16.0. The van der Waals surface area contributed by atoms with Gasteiger partial charge in [-0.2, -0.15) is 0 Å². The van der Waals surface area contributed by atoms with Crippen LogP contribution in [0.5, 0.6) is 0 Å². The first-order valence-electron chi connectivity index (χ1n) is 8.78. The van der Waals surface area contributed by atoms with Gasteiger partial charge in [-0.05, 0) is 41.8 Å². The number of hydrogen-bond acceptors (Lipinski definition) is 2. The van der Waals surface area contributed by atoms with Crippen molar-refractivity contribution in [1.82, 2.24) is 14.5 Å². The van der Waals surface area contributed by atoms with E-state index in [1.165, 1.54) is 22.9 Å². The van der Waals surface area contributed by atoms with Gasteiger partial charge in [-0.15, -0.1) is 0 Å². The summed E-state index contributed by atoms with van der Waals surface area (Å²) >= 11 is 0. The Bertz CT molecular complexity index is 1080. The third-order valence-corrected chi connectivity index (χ3v) is 5.34. The van der Waals surface area contributed by atoms with E-state index in [9.17, 15) is 4.39 Å². The predicted octanol–water partition coefficient (Wildman–Crippen LogP) is 4.13. The summed E-state index contributed by atoms with van der Waals surface area (Å²) in [7, 11) is 2.13. The van der Waals surface area contributed by atoms with Gasteiger partial charge in [0.1, 0.15) is 5.82 Å². The SMILES string of the molecule is CN1CCc2cc(C(c3c[nH]c4ccc(F)cc34)n3ccnc3)ccc21. The van der Waals surface area contributed by atoms with Gasteiger partial charge in [0.15, 0.2) is 0 Å². The van der Waals surface area contributed by atoms with Crippen molar-refractivity contribution in [3.8, 4) is 0 Å². The van der Waals surface area contributed by atoms with Crippen molar-refractivity contribution in [1.29, 1.82) is 0 Å². The summed E-state index contributed by atoms with van der Waals surface area (Å²) in [6.45, 7) is 1.05. The number of imidazole rings is 1. The molecule has 0 bridgehead atoms. The van der Waals surface area contributed by atoms with Crippen molar-refractivity contribution >= 4 is 16.6 Å². The van der Waals surface area contributed by atoms with Crippen LogP contribution in [0.4, 0.5) is 10.1 Å². The summed E-state index contributed by atoms with van der Waals surface area (Å²) in [5.41, 5.74) is 5.82. The first kappa shape index (κ1) is 15.2. The smallest absolute Gasteiger partial charge is 0.123 e. The van der Waals surface area contributed by atoms with Crippen LogP contribution < -0.4 is 4.90 Å². The molecule has 5 heteroatoms. The summed E-state index contributed by atoms with van der Waals surface area (Å²) in [6.07, 6.45) is 8.60. The van der Waals surface area contributed by atoms with Crippen molar-refractivity contribution in [2.24, 2.45) is 0 Å². The summed E-state index contributed by atoms with van der Waals surface area (Å²) in [4.78, 5) is 9.79. The zero-order chi connectivity index (χ0) is 17.7. The van der Waals surface area contributed by atoms with E-state index in [0.717, 1.165) is 29.4 Å². The number of likely N-dealkylation sites (N-methyl/N-ethyl adjacent to an activating group) is 1. The van der Waals surface area contributed by atoms with E-state index in [1.54, 1.807) is 18.3 Å². The second kappa shape index (κ2) is 5.73. The third kappa shape index (κ3) is 2.31. The van der Waals surface area contributed by atoms with Crippen LogP contribution in [0.1, 0.15) is 22.7 Å². The number of benzene rings is 2. The highest BCUT2D eigenvalue weighted by Gasteiger charge is 2.23. The maximum absolute atomic E-state index is 13.9. The first-order valence-corrected chi connectivity index (χ1v) is 8.78. The van der Waals surface area contributed by atoms with Gasteiger partial charge < -0.3 is 14.5 Å². The summed E-state index contributed by atoms with van der Waals surface area (Å²) in [5.74, 6) is -0.224. The molecular formula is C21H19FN4. The van der Waals surface area contributed by atoms with Gasteiger partial charge in [0.25, 0.3) is 0 Å². The number of aromatic nitrogens is 3. The fourth-order valence-corrected chi connectivity index (χ4v) is 4.03. The number of hydrogen-bond donors (Lipinski definition) is 1. The molecule has 0 spiro atoms. The zero-order valence-corrected chi connectivity index (χ0v) is 14.5. The molecule has 130 valence electrons. The molecule has 4 nitrogen and oxygen atoms in total. The maximum atomic E-state index is 13.9. The largest absolute Gasteiger partial charge is 0.374 e. The van der Waals surface area contributed by atoms with Crippen molar-refractivity contribution < 1.29 is 4.39 Å². The van der Waals surface area contributed by atoms with E-state index < -0.39 is 0 Å². The normalized spacial score (nSPS) is 14.8. The molecule has 2 aromatic carbocycles. The Morgan fingerprint density at radius 3 is 2.96 bits per heavy atom. The van der Waals surface area contributed by atoms with Crippen LogP contribution >= 0.6 is 0 Å². The molecule has 5 rings (SSSR count). The molecule has 0 saturated carbocycles. The fraction of sp³-hybridized carbons (Fsp3) is 0.190. The van der Waals surface area contributed by atoms with Gasteiger partial charge in [0.05, 0.1) is 12.4 Å². The molecule has 1 unspecified atom stereocenters. The molecule has 3 heterocycles. The van der Waals surface area contributed by atoms with Gasteiger partial charge in [-0.3, -0.25) is 0 Å². The lowest BCUT2D eigenvalue weighted by molar-refractivity contribution is 0.629. The molecule has 4 aromatic rings. The van der Waals surface area contributed by atoms with E-state index in [4.69, 9.17) is 0 Å². The number of aromatic amines is 1. The van der Waals surface area contributed by atoms with E-state index in [-0.39, 0.29) is 11.9 Å². The van der Waals surface area contributed by atoms with Crippen LogP contribution in [-0.2, 0) is 6.42 Å². The Morgan fingerprint density at radius 2 is 2.12 bits per heavy atom. The molecule has 2 aromatic heterocycles. The van der Waals surface area contributed by atoms with E-state index in [1.807, 2.05) is 18.7 Å². The molecule has 0 saturated heterocycles. The number of rotatable bonds is 3. The molecule has 1 N–H and O–H groups in total. The number of fused-ring (bicyclic) bond motifs is 2. The molecule has 0 amide bonds. The highest BCUT2D eigenvalue weighted by molar-refractivity contribution is 5.84. The van der Waals surface area contributed by atoms with Crippen LogP contribution in [-0.4, -0.2) is 28.1 Å². The Kier molecular flexibility index (Phi) is 3.35. The number of nitrogens with zero attached hydrogens (tertiary/aromatic N) is 3. The quantitative estimate of drug-likeness (QED) is 0.605. The second-order valence-electron chi connectivity index (χ2n) is 6.91. The topological polar surface area (TPSA) is 36.9 Å². The van der Waals surface area contributed by atoms with Crippen LogP contribution in [0.3, 0.4) is 0 Å². The maximum Gasteiger partial charge on any atom is 0.123 e. The van der Waals surface area contributed by atoms with E-state index in [0.29, 0.717) is 0 Å². The number of H-pyrrole nitrogens is 1. The second-order valence-corrected chi connectivity index (χ2v) is 6.91. The predicted molar refractivity (Wildman–Crippen MR) is 101 cm³/mol. The molecule has 26 heavy (non-hydrogen) atoms. The van der Waals surface area contributed by atoms with Crippen LogP contribution in [0.25, 0.3) is 10.9 Å². The lowest BCUT2D eigenvalue weighted by atomic mass is 9.95. The molecule has 1 atom stereocenters. The first-order chi connectivity index (χ1) is 12.7. The van der Waals surface area contributed by atoms with Crippen molar-refractivity contribution in [3.63, 3.8) is 0 Å². The van der Waals surface area contributed by atoms with E-state index >= 15 is 0 Å². The molecule has 0 radical (unpaired) electrons. The van der Waals surface area contributed by atoms with Crippen molar-refractivity contribution in [3.05, 3.63) is 83.8 Å². The van der Waals surface area contributed by atoms with Crippen molar-refractivity contribution in [2.75, 3.05) is 18.5 Å². The van der Waals surface area contributed by atoms with Gasteiger partial charge >= 0.3 is 0 Å². The monoisotopic (exact) mass is 346 g/mol. The summed E-state index contributed by atoms with van der Waals surface area (Å²) in [5, 5.41) is 0.904. The highest BCUT2D eigenvalue weighted by Crippen LogP contribution is 2.36. The lowest BCUT2D eigenvalue weighted by Gasteiger charge is -2.20. The zero-order valence-electron chi connectivity index (χ0n) is 14.5. The van der Waals surface area contributed by atoms with Crippen LogP contribution in [0.15, 0.2) is 61.3 Å². The molecule has 0 aliphatic carbocycles. The van der Waals surface area contributed by atoms with Gasteiger partial charge in [0.2, 0.25) is 0 Å². The Hall–Kier alpha value is -3.08. The van der Waals surface area contributed by atoms with Gasteiger partial charge in [0, 0.05) is 54.3 Å². The lowest BCUT2D eigenvalue weighted by Crippen LogP contribution is -2.13. The Balaban J connectivity index is 1.71. The molecule has 1 aliphatic heterocycles. The summed E-state index contributed by atoms with van der Waals surface area (Å²) in [6, 6.07) is 11.5. The van der Waals surface area contributed by atoms with Crippen LogP contribution in [0.2, 0.25) is 0 Å². The van der Waals surface area contributed by atoms with E-state index in [2.05, 4.69) is 44.7 Å². The van der Waals surface area contributed by atoms with Crippen molar-refractivity contribution in [2.45, 2.75) is 12.5 Å². The highest BCUT2D eigenvalue weighted by atomic mass is 19.1. The average molecular weight is 346 g/mol. The minimum absolute atomic E-state index is 0.0516. The van der Waals surface area contributed by atoms with Gasteiger partial charge in [-0.25, -0.2) is 9.37 Å². The van der Waals surface area contributed by atoms with Gasteiger partial charge in [-0.1, -0.05) is 12.1 Å². The number of nitrogens with one attached hydrogen (secondary N) is 1. The number of halogens is 1.